The van der Waals surface area contributed by atoms with Crippen molar-refractivity contribution in [3.05, 3.63) is 29.8 Å². The van der Waals surface area contributed by atoms with Gasteiger partial charge in [0.25, 0.3) is 0 Å². The highest BCUT2D eigenvalue weighted by molar-refractivity contribution is 5.27. The predicted octanol–water partition coefficient (Wildman–Crippen LogP) is 3.90. The molecule has 1 aliphatic rings. The van der Waals surface area contributed by atoms with E-state index >= 15 is 0 Å². The number of benzene rings is 1. The van der Waals surface area contributed by atoms with Crippen LogP contribution in [-0.2, 0) is 6.54 Å². The fourth-order valence-electron chi connectivity index (χ4n) is 2.32. The summed E-state index contributed by atoms with van der Waals surface area (Å²) in [4.78, 5) is 0. The zero-order chi connectivity index (χ0) is 12.8. The SMILES string of the molecule is CCC(C)NCc1ccc(OC2CCCC2)cc1. The van der Waals surface area contributed by atoms with Crippen molar-refractivity contribution in [3.8, 4) is 5.75 Å². The van der Waals surface area contributed by atoms with Crippen molar-refractivity contribution >= 4 is 0 Å². The molecule has 2 nitrogen and oxygen atoms in total. The minimum absolute atomic E-state index is 0.453. The van der Waals surface area contributed by atoms with Crippen LogP contribution in [0.25, 0.3) is 0 Å². The van der Waals surface area contributed by atoms with Crippen LogP contribution in [0.5, 0.6) is 5.75 Å². The summed E-state index contributed by atoms with van der Waals surface area (Å²) in [6.45, 7) is 5.37. The third-order valence-corrected chi connectivity index (χ3v) is 3.80. The maximum Gasteiger partial charge on any atom is 0.119 e. The molecule has 1 aromatic rings. The van der Waals surface area contributed by atoms with Gasteiger partial charge in [-0.15, -0.1) is 0 Å². The number of nitrogens with one attached hydrogen (secondary N) is 1. The molecule has 0 heterocycles. The largest absolute Gasteiger partial charge is 0.490 e. The van der Waals surface area contributed by atoms with E-state index < -0.39 is 0 Å². The third kappa shape index (κ3) is 4.02. The van der Waals surface area contributed by atoms with Crippen LogP contribution in [0, 0.1) is 0 Å². The summed E-state index contributed by atoms with van der Waals surface area (Å²) in [6, 6.07) is 9.12. The Kier molecular flexibility index (Phi) is 5.06. The Morgan fingerprint density at radius 2 is 1.89 bits per heavy atom. The lowest BCUT2D eigenvalue weighted by Crippen LogP contribution is -2.24. The molecule has 0 amide bonds. The van der Waals surface area contributed by atoms with E-state index in [0.717, 1.165) is 12.3 Å². The quantitative estimate of drug-likeness (QED) is 0.823. The summed E-state index contributed by atoms with van der Waals surface area (Å²) in [5.41, 5.74) is 1.33. The second kappa shape index (κ2) is 6.79. The maximum atomic E-state index is 5.96. The van der Waals surface area contributed by atoms with Crippen LogP contribution in [0.1, 0.15) is 51.5 Å². The van der Waals surface area contributed by atoms with E-state index in [9.17, 15) is 0 Å². The summed E-state index contributed by atoms with van der Waals surface area (Å²) in [6.07, 6.45) is 6.70. The van der Waals surface area contributed by atoms with Gasteiger partial charge in [-0.3, -0.25) is 0 Å². The molecule has 0 saturated heterocycles. The first-order valence-corrected chi connectivity index (χ1v) is 7.27. The van der Waals surface area contributed by atoms with Crippen LogP contribution in [0.15, 0.2) is 24.3 Å². The molecular formula is C16H25NO. The Labute approximate surface area is 111 Å². The van der Waals surface area contributed by atoms with Crippen LogP contribution >= 0.6 is 0 Å². The second-order valence-corrected chi connectivity index (χ2v) is 5.36. The van der Waals surface area contributed by atoms with E-state index in [1.165, 1.54) is 37.7 Å². The normalized spacial score (nSPS) is 17.9. The average molecular weight is 247 g/mol. The fourth-order valence-corrected chi connectivity index (χ4v) is 2.32. The molecule has 1 saturated carbocycles. The van der Waals surface area contributed by atoms with Gasteiger partial charge in [-0.05, 0) is 56.7 Å². The minimum Gasteiger partial charge on any atom is -0.490 e. The molecule has 0 aromatic heterocycles. The summed E-state index contributed by atoms with van der Waals surface area (Å²) < 4.78 is 5.96. The maximum absolute atomic E-state index is 5.96. The average Bonchev–Trinajstić information content (AvgIpc) is 2.90. The Morgan fingerprint density at radius 3 is 2.50 bits per heavy atom. The number of ether oxygens (including phenoxy) is 1. The lowest BCUT2D eigenvalue weighted by molar-refractivity contribution is 0.210. The Morgan fingerprint density at radius 1 is 1.22 bits per heavy atom. The van der Waals surface area contributed by atoms with Gasteiger partial charge >= 0.3 is 0 Å². The van der Waals surface area contributed by atoms with E-state index in [4.69, 9.17) is 4.74 Å². The van der Waals surface area contributed by atoms with Gasteiger partial charge in [0, 0.05) is 12.6 Å². The first-order valence-electron chi connectivity index (χ1n) is 7.27. The molecule has 2 heteroatoms. The standard InChI is InChI=1S/C16H25NO/c1-3-13(2)17-12-14-8-10-16(11-9-14)18-15-6-4-5-7-15/h8-11,13,15,17H,3-7,12H2,1-2H3. The summed E-state index contributed by atoms with van der Waals surface area (Å²) >= 11 is 0. The lowest BCUT2D eigenvalue weighted by atomic mass is 10.2. The lowest BCUT2D eigenvalue weighted by Gasteiger charge is -2.14. The van der Waals surface area contributed by atoms with Crippen LogP contribution in [0.4, 0.5) is 0 Å². The van der Waals surface area contributed by atoms with Crippen molar-refractivity contribution in [1.29, 1.82) is 0 Å². The van der Waals surface area contributed by atoms with Gasteiger partial charge in [0.1, 0.15) is 5.75 Å². The molecule has 0 bridgehead atoms. The van der Waals surface area contributed by atoms with Crippen molar-refractivity contribution in [2.45, 2.75) is 64.6 Å². The molecule has 1 unspecified atom stereocenters. The first kappa shape index (κ1) is 13.4. The Hall–Kier alpha value is -1.02. The highest BCUT2D eigenvalue weighted by Gasteiger charge is 2.16. The van der Waals surface area contributed by atoms with Gasteiger partial charge in [0.2, 0.25) is 0 Å². The van der Waals surface area contributed by atoms with Crippen molar-refractivity contribution in [3.63, 3.8) is 0 Å². The molecule has 0 spiro atoms. The Balaban J connectivity index is 1.81. The predicted molar refractivity (Wildman–Crippen MR) is 75.9 cm³/mol. The molecular weight excluding hydrogens is 222 g/mol. The van der Waals surface area contributed by atoms with E-state index in [2.05, 4.69) is 43.4 Å². The van der Waals surface area contributed by atoms with E-state index in [1.54, 1.807) is 0 Å². The zero-order valence-corrected chi connectivity index (χ0v) is 11.6. The topological polar surface area (TPSA) is 21.3 Å². The van der Waals surface area contributed by atoms with Crippen LogP contribution < -0.4 is 10.1 Å². The van der Waals surface area contributed by atoms with Crippen LogP contribution in [0.3, 0.4) is 0 Å². The van der Waals surface area contributed by atoms with Crippen molar-refractivity contribution in [2.24, 2.45) is 0 Å². The summed E-state index contributed by atoms with van der Waals surface area (Å²) in [5, 5.41) is 3.50. The minimum atomic E-state index is 0.453. The smallest absolute Gasteiger partial charge is 0.119 e. The first-order chi connectivity index (χ1) is 8.78. The molecule has 0 aliphatic heterocycles. The highest BCUT2D eigenvalue weighted by Crippen LogP contribution is 2.24. The third-order valence-electron chi connectivity index (χ3n) is 3.80. The molecule has 1 atom stereocenters. The van der Waals surface area contributed by atoms with E-state index in [-0.39, 0.29) is 0 Å². The molecule has 2 rings (SSSR count). The van der Waals surface area contributed by atoms with E-state index in [0.29, 0.717) is 12.1 Å². The molecule has 18 heavy (non-hydrogen) atoms. The molecule has 1 fully saturated rings. The van der Waals surface area contributed by atoms with Gasteiger partial charge < -0.3 is 10.1 Å². The number of hydrogen-bond acceptors (Lipinski definition) is 2. The van der Waals surface area contributed by atoms with Crippen molar-refractivity contribution in [2.75, 3.05) is 0 Å². The van der Waals surface area contributed by atoms with Gasteiger partial charge in [-0.2, -0.15) is 0 Å². The number of rotatable bonds is 6. The monoisotopic (exact) mass is 247 g/mol. The highest BCUT2D eigenvalue weighted by atomic mass is 16.5. The van der Waals surface area contributed by atoms with Crippen molar-refractivity contribution in [1.82, 2.24) is 5.32 Å². The summed E-state index contributed by atoms with van der Waals surface area (Å²) in [5.74, 6) is 1.02. The van der Waals surface area contributed by atoms with Gasteiger partial charge in [0.05, 0.1) is 6.10 Å². The fraction of sp³-hybridized carbons (Fsp3) is 0.625. The van der Waals surface area contributed by atoms with E-state index in [1.807, 2.05) is 0 Å². The zero-order valence-electron chi connectivity index (χ0n) is 11.6. The number of hydrogen-bond donors (Lipinski definition) is 1. The molecule has 0 radical (unpaired) electrons. The van der Waals surface area contributed by atoms with Gasteiger partial charge in [0.15, 0.2) is 0 Å². The van der Waals surface area contributed by atoms with Gasteiger partial charge in [-0.25, -0.2) is 0 Å². The second-order valence-electron chi connectivity index (χ2n) is 5.36. The van der Waals surface area contributed by atoms with Crippen LogP contribution in [-0.4, -0.2) is 12.1 Å². The van der Waals surface area contributed by atoms with Crippen LogP contribution in [0.2, 0.25) is 0 Å². The Bertz CT molecular complexity index is 341. The molecule has 1 aromatic carbocycles. The molecule has 1 aliphatic carbocycles. The van der Waals surface area contributed by atoms with Crippen molar-refractivity contribution < 1.29 is 4.74 Å². The molecule has 1 N–H and O–H groups in total. The molecule has 100 valence electrons. The summed E-state index contributed by atoms with van der Waals surface area (Å²) in [7, 11) is 0. The van der Waals surface area contributed by atoms with Gasteiger partial charge in [-0.1, -0.05) is 19.1 Å².